The first-order valence-electron chi connectivity index (χ1n) is 8.20. The van der Waals surface area contributed by atoms with Gasteiger partial charge in [-0.05, 0) is 11.6 Å². The third-order valence-corrected chi connectivity index (χ3v) is 3.59. The number of aliphatic hydroxyl groups is 1. The average molecular weight is 403 g/mol. The van der Waals surface area contributed by atoms with Gasteiger partial charge in [-0.2, -0.15) is 0 Å². The molecule has 0 saturated carbocycles. The zero-order valence-corrected chi connectivity index (χ0v) is 16.6. The fraction of sp³-hybridized carbons (Fsp3) is 0.368. The number of para-hydroxylation sites is 1. The lowest BCUT2D eigenvalue weighted by Crippen LogP contribution is -2.28. The van der Waals surface area contributed by atoms with E-state index in [0.29, 0.717) is 19.7 Å². The van der Waals surface area contributed by atoms with E-state index in [-0.39, 0.29) is 31.4 Å². The Morgan fingerprint density at radius 3 is 2.31 bits per heavy atom. The van der Waals surface area contributed by atoms with E-state index < -0.39 is 0 Å². The lowest BCUT2D eigenvalue weighted by molar-refractivity contribution is 0.280. The van der Waals surface area contributed by atoms with Crippen LogP contribution in [-0.2, 0) is 13.2 Å². The Kier molecular flexibility index (Phi) is 13.8. The zero-order valence-electron chi connectivity index (χ0n) is 14.9. The monoisotopic (exact) mass is 402 g/mol. The summed E-state index contributed by atoms with van der Waals surface area (Å²) in [6.45, 7) is 3.61. The van der Waals surface area contributed by atoms with Crippen molar-refractivity contribution < 1.29 is 14.6 Å². The number of hydrogen-bond donors (Lipinski definition) is 3. The van der Waals surface area contributed by atoms with E-state index in [2.05, 4.69) is 10.6 Å². The van der Waals surface area contributed by atoms with Crippen molar-refractivity contribution in [2.75, 3.05) is 33.4 Å². The molecule has 0 heterocycles. The van der Waals surface area contributed by atoms with Gasteiger partial charge in [0, 0.05) is 31.7 Å². The van der Waals surface area contributed by atoms with Crippen LogP contribution in [0.2, 0.25) is 0 Å². The summed E-state index contributed by atoms with van der Waals surface area (Å²) in [5, 5.41) is 15.2. The summed E-state index contributed by atoms with van der Waals surface area (Å²) >= 11 is 0. The first-order valence-corrected chi connectivity index (χ1v) is 8.20. The molecule has 2 aromatic carbocycles. The number of benzene rings is 2. The minimum absolute atomic E-state index is 0. The molecule has 7 heteroatoms. The molecule has 0 amide bonds. The van der Waals surface area contributed by atoms with E-state index in [9.17, 15) is 0 Å². The smallest absolute Gasteiger partial charge is 0.166 e. The normalized spacial score (nSPS) is 9.77. The highest BCUT2D eigenvalue weighted by molar-refractivity contribution is 5.85. The molecule has 0 bridgehead atoms. The lowest BCUT2D eigenvalue weighted by atomic mass is 10.1. The minimum atomic E-state index is 0. The fourth-order valence-electron chi connectivity index (χ4n) is 2.36. The fourth-order valence-corrected chi connectivity index (χ4v) is 2.36. The van der Waals surface area contributed by atoms with Gasteiger partial charge >= 0.3 is 0 Å². The van der Waals surface area contributed by atoms with Crippen LogP contribution in [0.3, 0.4) is 0 Å². The predicted octanol–water partition coefficient (Wildman–Crippen LogP) is 2.79. The van der Waals surface area contributed by atoms with Crippen molar-refractivity contribution in [2.45, 2.75) is 13.2 Å². The van der Waals surface area contributed by atoms with Crippen LogP contribution in [0, 0.1) is 0 Å². The second-order valence-corrected chi connectivity index (χ2v) is 5.37. The van der Waals surface area contributed by atoms with Gasteiger partial charge in [-0.15, -0.1) is 24.8 Å². The number of nitrogens with one attached hydrogen (secondary N) is 2. The van der Waals surface area contributed by atoms with Crippen molar-refractivity contribution in [3.05, 3.63) is 59.7 Å². The first-order chi connectivity index (χ1) is 11.8. The molecule has 2 aromatic rings. The molecule has 0 fully saturated rings. The Labute approximate surface area is 167 Å². The molecule has 146 valence electrons. The second-order valence-electron chi connectivity index (χ2n) is 5.37. The predicted molar refractivity (Wildman–Crippen MR) is 110 cm³/mol. The average Bonchev–Trinajstić information content (AvgIpc) is 2.64. The highest BCUT2D eigenvalue weighted by Gasteiger charge is 2.10. The van der Waals surface area contributed by atoms with Gasteiger partial charge in [0.05, 0.1) is 13.7 Å². The molecule has 3 N–H and O–H groups in total. The highest BCUT2D eigenvalue weighted by Crippen LogP contribution is 2.31. The SMILES string of the molecule is COc1cccc(CNCCNCCO)c1OCc1ccccc1.Cl.Cl. The Hall–Kier alpha value is -1.50. The molecule has 0 aliphatic heterocycles. The lowest BCUT2D eigenvalue weighted by Gasteiger charge is -2.16. The summed E-state index contributed by atoms with van der Waals surface area (Å²) in [7, 11) is 1.65. The summed E-state index contributed by atoms with van der Waals surface area (Å²) < 4.78 is 11.5. The molecule has 0 aliphatic carbocycles. The molecule has 26 heavy (non-hydrogen) atoms. The number of aliphatic hydroxyl groups excluding tert-OH is 1. The Morgan fingerprint density at radius 1 is 0.885 bits per heavy atom. The third kappa shape index (κ3) is 8.25. The van der Waals surface area contributed by atoms with Gasteiger partial charge < -0.3 is 25.2 Å². The van der Waals surface area contributed by atoms with E-state index in [0.717, 1.165) is 35.7 Å². The third-order valence-electron chi connectivity index (χ3n) is 3.59. The summed E-state index contributed by atoms with van der Waals surface area (Å²) in [6, 6.07) is 16.0. The van der Waals surface area contributed by atoms with Gasteiger partial charge in [-0.3, -0.25) is 0 Å². The summed E-state index contributed by atoms with van der Waals surface area (Å²) in [6.07, 6.45) is 0. The standard InChI is InChI=1S/C19H26N2O3.2ClH/c1-23-18-9-5-8-17(14-21-11-10-20-12-13-22)19(18)24-15-16-6-3-2-4-7-16;;/h2-9,20-22H,10-15H2,1H3;2*1H. The molecule has 0 unspecified atom stereocenters. The molecule has 0 atom stereocenters. The number of rotatable bonds is 11. The van der Waals surface area contributed by atoms with Gasteiger partial charge in [0.2, 0.25) is 0 Å². The van der Waals surface area contributed by atoms with Gasteiger partial charge in [0.25, 0.3) is 0 Å². The van der Waals surface area contributed by atoms with Crippen molar-refractivity contribution in [1.82, 2.24) is 10.6 Å². The van der Waals surface area contributed by atoms with Crippen LogP contribution in [0.5, 0.6) is 11.5 Å². The van der Waals surface area contributed by atoms with E-state index >= 15 is 0 Å². The minimum Gasteiger partial charge on any atom is -0.493 e. The summed E-state index contributed by atoms with van der Waals surface area (Å²) in [5.74, 6) is 1.52. The zero-order chi connectivity index (χ0) is 17.0. The summed E-state index contributed by atoms with van der Waals surface area (Å²) in [5.41, 5.74) is 2.18. The molecular weight excluding hydrogens is 375 g/mol. The van der Waals surface area contributed by atoms with E-state index in [4.69, 9.17) is 14.6 Å². The van der Waals surface area contributed by atoms with Crippen LogP contribution in [0.4, 0.5) is 0 Å². The van der Waals surface area contributed by atoms with Crippen molar-refractivity contribution in [3.63, 3.8) is 0 Å². The molecule has 0 radical (unpaired) electrons. The van der Waals surface area contributed by atoms with E-state index in [1.54, 1.807) is 7.11 Å². The maximum Gasteiger partial charge on any atom is 0.166 e. The van der Waals surface area contributed by atoms with Gasteiger partial charge in [-0.25, -0.2) is 0 Å². The number of hydrogen-bond acceptors (Lipinski definition) is 5. The molecule has 0 aromatic heterocycles. The van der Waals surface area contributed by atoms with Crippen LogP contribution in [-0.4, -0.2) is 38.5 Å². The largest absolute Gasteiger partial charge is 0.493 e. The highest BCUT2D eigenvalue weighted by atomic mass is 35.5. The second kappa shape index (κ2) is 14.6. The maximum atomic E-state index is 8.73. The Morgan fingerprint density at radius 2 is 1.62 bits per heavy atom. The van der Waals surface area contributed by atoms with Crippen LogP contribution < -0.4 is 20.1 Å². The molecule has 0 spiro atoms. The van der Waals surface area contributed by atoms with Crippen LogP contribution in [0.1, 0.15) is 11.1 Å². The Balaban J connectivity index is 0.00000312. The van der Waals surface area contributed by atoms with E-state index in [1.165, 1.54) is 0 Å². The van der Waals surface area contributed by atoms with Gasteiger partial charge in [0.1, 0.15) is 6.61 Å². The summed E-state index contributed by atoms with van der Waals surface area (Å²) in [4.78, 5) is 0. The molecule has 5 nitrogen and oxygen atoms in total. The van der Waals surface area contributed by atoms with Crippen molar-refractivity contribution >= 4 is 24.8 Å². The molecule has 0 aliphatic rings. The number of halogens is 2. The first kappa shape index (κ1) is 24.5. The number of methoxy groups -OCH3 is 1. The van der Waals surface area contributed by atoms with Crippen LogP contribution in [0.15, 0.2) is 48.5 Å². The maximum absolute atomic E-state index is 8.73. The van der Waals surface area contributed by atoms with Gasteiger partial charge in [-0.1, -0.05) is 42.5 Å². The van der Waals surface area contributed by atoms with Crippen LogP contribution in [0.25, 0.3) is 0 Å². The molecular formula is C19H28Cl2N2O3. The molecule has 0 saturated heterocycles. The quantitative estimate of drug-likeness (QED) is 0.504. The van der Waals surface area contributed by atoms with E-state index in [1.807, 2.05) is 48.5 Å². The van der Waals surface area contributed by atoms with Crippen molar-refractivity contribution in [1.29, 1.82) is 0 Å². The van der Waals surface area contributed by atoms with Crippen molar-refractivity contribution in [2.24, 2.45) is 0 Å². The van der Waals surface area contributed by atoms with Crippen LogP contribution >= 0.6 is 24.8 Å². The van der Waals surface area contributed by atoms with Crippen molar-refractivity contribution in [3.8, 4) is 11.5 Å². The number of ether oxygens (including phenoxy) is 2. The Bertz CT molecular complexity index is 601. The van der Waals surface area contributed by atoms with Gasteiger partial charge in [0.15, 0.2) is 11.5 Å². The molecule has 2 rings (SSSR count). The topological polar surface area (TPSA) is 62.8 Å².